The lowest BCUT2D eigenvalue weighted by molar-refractivity contribution is 0.411. The molecule has 1 N–H and O–H groups in total. The van der Waals surface area contributed by atoms with Gasteiger partial charge in [-0.05, 0) is 48.8 Å². The van der Waals surface area contributed by atoms with E-state index in [1.54, 1.807) is 5.56 Å². The Morgan fingerprint density at radius 1 is 1.05 bits per heavy atom. The Kier molecular flexibility index (Phi) is 6.09. The molecule has 0 spiro atoms. The zero-order valence-corrected chi connectivity index (χ0v) is 13.5. The highest BCUT2D eigenvalue weighted by Crippen LogP contribution is 2.32. The minimum atomic E-state index is 0.632. The second kappa shape index (κ2) is 7.83. The lowest BCUT2D eigenvalue weighted by atomic mass is 9.86. The van der Waals surface area contributed by atoms with Crippen LogP contribution in [0.1, 0.15) is 82.3 Å². The molecule has 1 saturated carbocycles. The van der Waals surface area contributed by atoms with Gasteiger partial charge >= 0.3 is 0 Å². The van der Waals surface area contributed by atoms with E-state index in [2.05, 4.69) is 50.4 Å². The van der Waals surface area contributed by atoms with Crippen molar-refractivity contribution < 1.29 is 0 Å². The molecule has 0 bridgehead atoms. The second-order valence-corrected chi connectivity index (χ2v) is 6.63. The van der Waals surface area contributed by atoms with Crippen molar-refractivity contribution in [2.45, 2.75) is 77.2 Å². The maximum atomic E-state index is 3.80. The average molecular weight is 273 g/mol. The van der Waals surface area contributed by atoms with E-state index < -0.39 is 0 Å². The fourth-order valence-electron chi connectivity index (χ4n) is 3.41. The smallest absolute Gasteiger partial charge is 0.0136 e. The number of rotatable bonds is 5. The Hall–Kier alpha value is -0.820. The van der Waals surface area contributed by atoms with Crippen LogP contribution in [-0.2, 0) is 0 Å². The molecule has 0 amide bonds. The van der Waals surface area contributed by atoms with Crippen LogP contribution in [0.15, 0.2) is 24.3 Å². The first-order valence-electron chi connectivity index (χ1n) is 8.55. The molecule has 1 aromatic carbocycles. The number of hydrogen-bond acceptors (Lipinski definition) is 1. The first kappa shape index (κ1) is 15.6. The van der Waals surface area contributed by atoms with E-state index in [0.29, 0.717) is 17.9 Å². The van der Waals surface area contributed by atoms with Crippen LogP contribution in [0.4, 0.5) is 0 Å². The van der Waals surface area contributed by atoms with Crippen molar-refractivity contribution in [3.63, 3.8) is 0 Å². The third-order valence-electron chi connectivity index (χ3n) is 4.70. The fourth-order valence-corrected chi connectivity index (χ4v) is 3.41. The van der Waals surface area contributed by atoms with E-state index in [4.69, 9.17) is 0 Å². The van der Waals surface area contributed by atoms with Crippen LogP contribution in [0.25, 0.3) is 0 Å². The summed E-state index contributed by atoms with van der Waals surface area (Å²) in [6.45, 7) is 7.96. The van der Waals surface area contributed by atoms with Gasteiger partial charge in [0.15, 0.2) is 0 Å². The Morgan fingerprint density at radius 2 is 1.75 bits per heavy atom. The van der Waals surface area contributed by atoms with Gasteiger partial charge in [-0.1, -0.05) is 64.3 Å². The van der Waals surface area contributed by atoms with Crippen LogP contribution in [0, 0.1) is 0 Å². The van der Waals surface area contributed by atoms with Gasteiger partial charge in [0.1, 0.15) is 0 Å². The van der Waals surface area contributed by atoms with Gasteiger partial charge in [-0.2, -0.15) is 0 Å². The van der Waals surface area contributed by atoms with Crippen molar-refractivity contribution in [2.75, 3.05) is 6.54 Å². The van der Waals surface area contributed by atoms with Crippen LogP contribution in [0.3, 0.4) is 0 Å². The quantitative estimate of drug-likeness (QED) is 0.725. The molecule has 1 fully saturated rings. The fraction of sp³-hybridized carbons (Fsp3) is 0.684. The topological polar surface area (TPSA) is 12.0 Å². The van der Waals surface area contributed by atoms with Crippen molar-refractivity contribution in [3.05, 3.63) is 35.4 Å². The van der Waals surface area contributed by atoms with Crippen molar-refractivity contribution in [1.29, 1.82) is 0 Å². The predicted octanol–water partition coefficient (Wildman–Crippen LogP) is 5.23. The number of benzene rings is 1. The third kappa shape index (κ3) is 4.09. The van der Waals surface area contributed by atoms with Gasteiger partial charge in [-0.15, -0.1) is 0 Å². The molecule has 0 aromatic heterocycles. The second-order valence-electron chi connectivity index (χ2n) is 6.63. The molecular weight excluding hydrogens is 242 g/mol. The molecule has 2 unspecified atom stereocenters. The van der Waals surface area contributed by atoms with Crippen molar-refractivity contribution in [3.8, 4) is 0 Å². The highest BCUT2D eigenvalue weighted by molar-refractivity contribution is 5.28. The molecule has 0 aliphatic heterocycles. The van der Waals surface area contributed by atoms with Gasteiger partial charge in [0.05, 0.1) is 0 Å². The summed E-state index contributed by atoms with van der Waals surface area (Å²) in [6.07, 6.45) is 8.11. The minimum absolute atomic E-state index is 0.632. The van der Waals surface area contributed by atoms with Crippen LogP contribution < -0.4 is 5.32 Å². The molecule has 20 heavy (non-hydrogen) atoms. The highest BCUT2D eigenvalue weighted by Gasteiger charge is 2.24. The molecule has 0 heterocycles. The van der Waals surface area contributed by atoms with E-state index in [-0.39, 0.29) is 0 Å². The van der Waals surface area contributed by atoms with E-state index in [0.717, 1.165) is 6.54 Å². The predicted molar refractivity (Wildman–Crippen MR) is 88.4 cm³/mol. The highest BCUT2D eigenvalue weighted by atomic mass is 14.9. The summed E-state index contributed by atoms with van der Waals surface area (Å²) in [5, 5.41) is 3.80. The standard InChI is InChI=1S/C19H31N/c1-4-14-20-19-9-7-5-6-8-18(19)17-12-10-16(11-13-17)15(2)3/h10-13,15,18-20H,4-9,14H2,1-3H3. The minimum Gasteiger partial charge on any atom is -0.313 e. The van der Waals surface area contributed by atoms with Gasteiger partial charge in [0.25, 0.3) is 0 Å². The summed E-state index contributed by atoms with van der Waals surface area (Å²) in [6, 6.07) is 10.1. The zero-order valence-electron chi connectivity index (χ0n) is 13.5. The van der Waals surface area contributed by atoms with Crippen LogP contribution >= 0.6 is 0 Å². The molecule has 1 aliphatic carbocycles. The van der Waals surface area contributed by atoms with Crippen LogP contribution in [-0.4, -0.2) is 12.6 Å². The molecule has 1 aliphatic rings. The molecule has 2 rings (SSSR count). The van der Waals surface area contributed by atoms with Crippen LogP contribution in [0.2, 0.25) is 0 Å². The molecule has 0 saturated heterocycles. The maximum absolute atomic E-state index is 3.80. The summed E-state index contributed by atoms with van der Waals surface area (Å²) >= 11 is 0. The lowest BCUT2D eigenvalue weighted by Crippen LogP contribution is -2.34. The van der Waals surface area contributed by atoms with E-state index in [1.165, 1.54) is 44.1 Å². The first-order chi connectivity index (χ1) is 9.72. The SMILES string of the molecule is CCCNC1CCCCCC1c1ccc(C(C)C)cc1. The van der Waals surface area contributed by atoms with Gasteiger partial charge < -0.3 is 5.32 Å². The molecular formula is C19H31N. The average Bonchev–Trinajstić information content (AvgIpc) is 2.70. The molecule has 2 atom stereocenters. The van der Waals surface area contributed by atoms with Gasteiger partial charge in [0, 0.05) is 6.04 Å². The Morgan fingerprint density at radius 3 is 2.40 bits per heavy atom. The maximum Gasteiger partial charge on any atom is 0.0136 e. The van der Waals surface area contributed by atoms with E-state index >= 15 is 0 Å². The van der Waals surface area contributed by atoms with Crippen LogP contribution in [0.5, 0.6) is 0 Å². The summed E-state index contributed by atoms with van der Waals surface area (Å²) in [5.74, 6) is 1.34. The normalized spacial score (nSPS) is 23.8. The van der Waals surface area contributed by atoms with Crippen molar-refractivity contribution >= 4 is 0 Å². The first-order valence-corrected chi connectivity index (χ1v) is 8.55. The molecule has 0 radical (unpaired) electrons. The van der Waals surface area contributed by atoms with Crippen molar-refractivity contribution in [1.82, 2.24) is 5.32 Å². The summed E-state index contributed by atoms with van der Waals surface area (Å²) in [4.78, 5) is 0. The van der Waals surface area contributed by atoms with Gasteiger partial charge in [-0.3, -0.25) is 0 Å². The molecule has 112 valence electrons. The molecule has 1 nitrogen and oxygen atoms in total. The Labute approximate surface area is 125 Å². The molecule has 1 aromatic rings. The number of hydrogen-bond donors (Lipinski definition) is 1. The third-order valence-corrected chi connectivity index (χ3v) is 4.70. The van der Waals surface area contributed by atoms with Crippen molar-refractivity contribution in [2.24, 2.45) is 0 Å². The Bertz CT molecular complexity index is 379. The van der Waals surface area contributed by atoms with E-state index in [1.807, 2.05) is 0 Å². The van der Waals surface area contributed by atoms with E-state index in [9.17, 15) is 0 Å². The summed E-state index contributed by atoms with van der Waals surface area (Å²) in [7, 11) is 0. The largest absolute Gasteiger partial charge is 0.313 e. The Balaban J connectivity index is 2.12. The van der Waals surface area contributed by atoms with Gasteiger partial charge in [-0.25, -0.2) is 0 Å². The summed E-state index contributed by atoms with van der Waals surface area (Å²) < 4.78 is 0. The lowest BCUT2D eigenvalue weighted by Gasteiger charge is -2.27. The zero-order chi connectivity index (χ0) is 14.4. The monoisotopic (exact) mass is 273 g/mol. The molecule has 1 heteroatoms. The number of nitrogens with one attached hydrogen (secondary N) is 1. The van der Waals surface area contributed by atoms with Gasteiger partial charge in [0.2, 0.25) is 0 Å². The summed E-state index contributed by atoms with van der Waals surface area (Å²) in [5.41, 5.74) is 3.00.